The zero-order valence-corrected chi connectivity index (χ0v) is 12.2. The summed E-state index contributed by atoms with van der Waals surface area (Å²) in [6, 6.07) is 3.38. The lowest BCUT2D eigenvalue weighted by atomic mass is 10.2. The highest BCUT2D eigenvalue weighted by Crippen LogP contribution is 2.24. The van der Waals surface area contributed by atoms with Gasteiger partial charge in [-0.15, -0.1) is 6.58 Å². The van der Waals surface area contributed by atoms with Crippen molar-refractivity contribution < 1.29 is 18.3 Å². The molecule has 0 aliphatic carbocycles. The average Bonchev–Trinajstić information content (AvgIpc) is 2.34. The maximum Gasteiger partial charge on any atom is 0.337 e. The second-order valence-electron chi connectivity index (χ2n) is 4.52. The van der Waals surface area contributed by atoms with Crippen molar-refractivity contribution in [2.24, 2.45) is 0 Å². The summed E-state index contributed by atoms with van der Waals surface area (Å²) in [6.45, 7) is 7.01. The highest BCUT2D eigenvalue weighted by atomic mass is 32.2. The van der Waals surface area contributed by atoms with Gasteiger partial charge in [0.15, 0.2) is 0 Å². The minimum Gasteiger partial charge on any atom is -0.478 e. The highest BCUT2D eigenvalue weighted by Gasteiger charge is 2.30. The van der Waals surface area contributed by atoms with Crippen LogP contribution in [0, 0.1) is 0 Å². The smallest absolute Gasteiger partial charge is 0.337 e. The number of nitrogens with two attached hydrogens (primary N) is 1. The summed E-state index contributed by atoms with van der Waals surface area (Å²) in [6.07, 6.45) is 1.45. The number of rotatable bonds is 6. The lowest BCUT2D eigenvalue weighted by Gasteiger charge is -2.25. The average molecular weight is 298 g/mol. The maximum absolute atomic E-state index is 12.6. The van der Waals surface area contributed by atoms with E-state index in [0.717, 1.165) is 6.07 Å². The molecule has 0 radical (unpaired) electrons. The Hall–Kier alpha value is -1.86. The van der Waals surface area contributed by atoms with Crippen LogP contribution in [0.1, 0.15) is 24.2 Å². The summed E-state index contributed by atoms with van der Waals surface area (Å²) < 4.78 is 26.4. The molecule has 0 aromatic heterocycles. The van der Waals surface area contributed by atoms with Gasteiger partial charge in [-0.1, -0.05) is 6.08 Å². The van der Waals surface area contributed by atoms with Gasteiger partial charge in [-0.2, -0.15) is 4.31 Å². The number of hydrogen-bond acceptors (Lipinski definition) is 4. The van der Waals surface area contributed by atoms with Gasteiger partial charge in [0, 0.05) is 18.3 Å². The minimum absolute atomic E-state index is 0.0911. The molecule has 3 N–H and O–H groups in total. The quantitative estimate of drug-likeness (QED) is 0.613. The number of carbonyl (C=O) groups is 1. The van der Waals surface area contributed by atoms with Crippen LogP contribution in [0.4, 0.5) is 5.69 Å². The molecule has 0 aliphatic heterocycles. The molecule has 6 nitrogen and oxygen atoms in total. The third-order valence-corrected chi connectivity index (χ3v) is 4.79. The number of carboxylic acids is 1. The molecule has 110 valence electrons. The Morgan fingerprint density at radius 2 is 2.10 bits per heavy atom. The van der Waals surface area contributed by atoms with Crippen molar-refractivity contribution in [1.82, 2.24) is 4.31 Å². The van der Waals surface area contributed by atoms with Gasteiger partial charge in [-0.3, -0.25) is 0 Å². The third-order valence-electron chi connectivity index (χ3n) is 2.71. The Labute approximate surface area is 118 Å². The first-order valence-electron chi connectivity index (χ1n) is 5.97. The van der Waals surface area contributed by atoms with Crippen LogP contribution in [-0.2, 0) is 10.0 Å². The van der Waals surface area contributed by atoms with Crippen molar-refractivity contribution in [3.05, 3.63) is 36.4 Å². The zero-order valence-electron chi connectivity index (χ0n) is 11.4. The predicted octanol–water partition coefficient (Wildman–Crippen LogP) is 1.55. The predicted molar refractivity (Wildman–Crippen MR) is 77.0 cm³/mol. The molecular formula is C13H18N2O4S. The van der Waals surface area contributed by atoms with E-state index in [9.17, 15) is 13.2 Å². The standard InChI is InChI=1S/C13H18N2O4S/c1-4-7-15(9(2)3)20(18,19)12-8-10(14)5-6-11(12)13(16)17/h4-6,8-9H,1,7,14H2,2-3H3,(H,16,17). The van der Waals surface area contributed by atoms with E-state index in [1.165, 1.54) is 22.5 Å². The molecule has 0 atom stereocenters. The fraction of sp³-hybridized carbons (Fsp3) is 0.308. The summed E-state index contributed by atoms with van der Waals surface area (Å²) >= 11 is 0. The van der Waals surface area contributed by atoms with Crippen LogP contribution in [0.5, 0.6) is 0 Å². The van der Waals surface area contributed by atoms with Crippen LogP contribution in [0.3, 0.4) is 0 Å². The lowest BCUT2D eigenvalue weighted by molar-refractivity contribution is 0.0692. The van der Waals surface area contributed by atoms with Crippen molar-refractivity contribution in [2.75, 3.05) is 12.3 Å². The van der Waals surface area contributed by atoms with E-state index >= 15 is 0 Å². The van der Waals surface area contributed by atoms with E-state index in [0.29, 0.717) is 0 Å². The van der Waals surface area contributed by atoms with Gasteiger partial charge in [-0.25, -0.2) is 13.2 Å². The van der Waals surface area contributed by atoms with E-state index in [2.05, 4.69) is 6.58 Å². The van der Waals surface area contributed by atoms with Crippen molar-refractivity contribution in [3.63, 3.8) is 0 Å². The van der Waals surface area contributed by atoms with Gasteiger partial charge in [0.25, 0.3) is 0 Å². The number of hydrogen-bond donors (Lipinski definition) is 2. The van der Waals surface area contributed by atoms with Gasteiger partial charge in [-0.05, 0) is 32.0 Å². The first-order valence-corrected chi connectivity index (χ1v) is 7.41. The molecular weight excluding hydrogens is 280 g/mol. The SMILES string of the molecule is C=CCN(C(C)C)S(=O)(=O)c1cc(N)ccc1C(=O)O. The molecule has 1 aromatic rings. The summed E-state index contributed by atoms with van der Waals surface area (Å²) in [7, 11) is -3.96. The van der Waals surface area contributed by atoms with E-state index in [1.54, 1.807) is 13.8 Å². The van der Waals surface area contributed by atoms with Gasteiger partial charge in [0.05, 0.1) is 10.5 Å². The van der Waals surface area contributed by atoms with Gasteiger partial charge >= 0.3 is 5.97 Å². The second kappa shape index (κ2) is 6.06. The van der Waals surface area contributed by atoms with Crippen molar-refractivity contribution in [1.29, 1.82) is 0 Å². The third kappa shape index (κ3) is 3.17. The number of benzene rings is 1. The van der Waals surface area contributed by atoms with Crippen LogP contribution >= 0.6 is 0 Å². The molecule has 0 spiro atoms. The molecule has 0 fully saturated rings. The maximum atomic E-state index is 12.6. The molecule has 0 bridgehead atoms. The lowest BCUT2D eigenvalue weighted by Crippen LogP contribution is -2.37. The Balaban J connectivity index is 3.51. The van der Waals surface area contributed by atoms with Gasteiger partial charge in [0.2, 0.25) is 10.0 Å². The Kier molecular flexibility index (Phi) is 4.91. The van der Waals surface area contributed by atoms with Gasteiger partial charge < -0.3 is 10.8 Å². The van der Waals surface area contributed by atoms with Crippen LogP contribution in [0.2, 0.25) is 0 Å². The zero-order chi connectivity index (χ0) is 15.5. The minimum atomic E-state index is -3.96. The van der Waals surface area contributed by atoms with Crippen molar-refractivity contribution in [3.8, 4) is 0 Å². The first kappa shape index (κ1) is 16.2. The topological polar surface area (TPSA) is 101 Å². The fourth-order valence-electron chi connectivity index (χ4n) is 1.77. The van der Waals surface area contributed by atoms with Crippen molar-refractivity contribution in [2.45, 2.75) is 24.8 Å². The van der Waals surface area contributed by atoms with Crippen molar-refractivity contribution >= 4 is 21.7 Å². The molecule has 20 heavy (non-hydrogen) atoms. The molecule has 0 aliphatic rings. The number of anilines is 1. The largest absolute Gasteiger partial charge is 0.478 e. The normalized spacial score (nSPS) is 11.8. The molecule has 1 rings (SSSR count). The van der Waals surface area contributed by atoms with E-state index in [-0.39, 0.29) is 28.7 Å². The van der Waals surface area contributed by atoms with E-state index < -0.39 is 16.0 Å². The highest BCUT2D eigenvalue weighted by molar-refractivity contribution is 7.89. The monoisotopic (exact) mass is 298 g/mol. The molecule has 0 amide bonds. The van der Waals surface area contributed by atoms with E-state index in [1.807, 2.05) is 0 Å². The summed E-state index contributed by atoms with van der Waals surface area (Å²) in [5.41, 5.74) is 5.47. The van der Waals surface area contributed by atoms with Crippen LogP contribution in [-0.4, -0.2) is 36.4 Å². The molecule has 0 saturated heterocycles. The van der Waals surface area contributed by atoms with E-state index in [4.69, 9.17) is 10.8 Å². The number of carboxylic acid groups (broad SMARTS) is 1. The van der Waals surface area contributed by atoms with Gasteiger partial charge in [0.1, 0.15) is 0 Å². The number of nitrogens with zero attached hydrogens (tertiary/aromatic N) is 1. The van der Waals surface area contributed by atoms with Crippen LogP contribution < -0.4 is 5.73 Å². The molecule has 0 saturated carbocycles. The second-order valence-corrected chi connectivity index (χ2v) is 6.38. The summed E-state index contributed by atoms with van der Waals surface area (Å²) in [5.74, 6) is -1.31. The molecule has 1 aromatic carbocycles. The Morgan fingerprint density at radius 1 is 1.50 bits per heavy atom. The fourth-order valence-corrected chi connectivity index (χ4v) is 3.60. The summed E-state index contributed by atoms with van der Waals surface area (Å²) in [4.78, 5) is 10.9. The Bertz CT molecular complexity index is 623. The molecule has 0 heterocycles. The van der Waals surface area contributed by atoms with Crippen LogP contribution in [0.25, 0.3) is 0 Å². The molecule has 7 heteroatoms. The number of nitrogen functional groups attached to an aromatic ring is 1. The summed E-state index contributed by atoms with van der Waals surface area (Å²) in [5, 5.41) is 9.13. The first-order chi connectivity index (χ1) is 9.21. The number of aromatic carboxylic acids is 1. The van der Waals surface area contributed by atoms with Crippen LogP contribution in [0.15, 0.2) is 35.7 Å². The Morgan fingerprint density at radius 3 is 2.55 bits per heavy atom. The molecule has 0 unspecified atom stereocenters. The number of sulfonamides is 1.